The molecular formula is C16H21IN2O3. The molecule has 1 aliphatic rings. The zero-order chi connectivity index (χ0) is 16.1. The van der Waals surface area contributed by atoms with Crippen LogP contribution in [0.1, 0.15) is 48.9 Å². The topological polar surface area (TPSA) is 63.5 Å². The molecule has 1 aromatic carbocycles. The summed E-state index contributed by atoms with van der Waals surface area (Å²) in [6, 6.07) is 4.40. The van der Waals surface area contributed by atoms with E-state index in [0.29, 0.717) is 9.13 Å². The van der Waals surface area contributed by atoms with Gasteiger partial charge in [-0.05, 0) is 41.0 Å². The molecule has 22 heavy (non-hydrogen) atoms. The highest BCUT2D eigenvalue weighted by atomic mass is 127. The van der Waals surface area contributed by atoms with E-state index in [1.54, 1.807) is 11.0 Å². The highest BCUT2D eigenvalue weighted by Crippen LogP contribution is 2.27. The molecule has 120 valence electrons. The molecule has 6 heteroatoms. The molecule has 0 N–H and O–H groups in total. The number of carbonyl (C=O) groups is 1. The van der Waals surface area contributed by atoms with E-state index in [4.69, 9.17) is 0 Å². The van der Waals surface area contributed by atoms with E-state index in [0.717, 1.165) is 18.9 Å². The van der Waals surface area contributed by atoms with Crippen LogP contribution in [0.3, 0.4) is 0 Å². The van der Waals surface area contributed by atoms with Crippen molar-refractivity contribution in [2.75, 3.05) is 13.6 Å². The second-order valence-corrected chi connectivity index (χ2v) is 7.10. The third-order valence-corrected chi connectivity index (χ3v) is 5.23. The van der Waals surface area contributed by atoms with Crippen LogP contribution in [0.5, 0.6) is 0 Å². The Morgan fingerprint density at radius 2 is 2.05 bits per heavy atom. The lowest BCUT2D eigenvalue weighted by molar-refractivity contribution is -0.384. The standard InChI is InChI=1S/C16H21IN2O3/c1-18(10-9-12-5-3-2-4-6-12)16(20)14-8-7-13(19(21)22)11-15(14)17/h7-8,11-12H,2-6,9-10H2,1H3. The van der Waals surface area contributed by atoms with E-state index in [1.807, 2.05) is 29.6 Å². The van der Waals surface area contributed by atoms with E-state index < -0.39 is 4.92 Å². The molecule has 1 fully saturated rings. The molecule has 0 bridgehead atoms. The largest absolute Gasteiger partial charge is 0.342 e. The molecule has 0 spiro atoms. The van der Waals surface area contributed by atoms with Gasteiger partial charge in [0.15, 0.2) is 0 Å². The second-order valence-electron chi connectivity index (χ2n) is 5.94. The van der Waals surface area contributed by atoms with Crippen molar-refractivity contribution >= 4 is 34.2 Å². The van der Waals surface area contributed by atoms with Crippen molar-refractivity contribution in [1.82, 2.24) is 4.90 Å². The monoisotopic (exact) mass is 416 g/mol. The third-order valence-electron chi connectivity index (χ3n) is 4.34. The van der Waals surface area contributed by atoms with Gasteiger partial charge in [-0.1, -0.05) is 32.1 Å². The normalized spacial score (nSPS) is 15.5. The fraction of sp³-hybridized carbons (Fsp3) is 0.562. The molecule has 0 heterocycles. The van der Waals surface area contributed by atoms with E-state index >= 15 is 0 Å². The summed E-state index contributed by atoms with van der Waals surface area (Å²) in [6.07, 6.45) is 7.55. The average molecular weight is 416 g/mol. The van der Waals surface area contributed by atoms with Gasteiger partial charge in [0, 0.05) is 29.3 Å². The number of carbonyl (C=O) groups excluding carboxylic acids is 1. The molecule has 1 amide bonds. The maximum atomic E-state index is 12.5. The number of nitro benzene ring substituents is 1. The Morgan fingerprint density at radius 1 is 1.36 bits per heavy atom. The number of rotatable bonds is 5. The minimum Gasteiger partial charge on any atom is -0.342 e. The first kappa shape index (κ1) is 17.2. The number of halogens is 1. The molecule has 0 aliphatic heterocycles. The maximum absolute atomic E-state index is 12.5. The number of hydrogen-bond acceptors (Lipinski definition) is 3. The van der Waals surface area contributed by atoms with Crippen molar-refractivity contribution in [2.24, 2.45) is 5.92 Å². The summed E-state index contributed by atoms with van der Waals surface area (Å²) in [5.41, 5.74) is 0.558. The molecule has 0 saturated heterocycles. The Hall–Kier alpha value is -1.18. The molecule has 1 saturated carbocycles. The lowest BCUT2D eigenvalue weighted by Crippen LogP contribution is -2.29. The van der Waals surface area contributed by atoms with Crippen LogP contribution in [0, 0.1) is 19.6 Å². The van der Waals surface area contributed by atoms with E-state index in [9.17, 15) is 14.9 Å². The Kier molecular flexibility index (Phi) is 6.16. The van der Waals surface area contributed by atoms with Crippen molar-refractivity contribution in [1.29, 1.82) is 0 Å². The summed E-state index contributed by atoms with van der Waals surface area (Å²) in [5.74, 6) is 0.676. The fourth-order valence-corrected chi connectivity index (χ4v) is 3.68. The van der Waals surface area contributed by atoms with Crippen molar-refractivity contribution < 1.29 is 9.72 Å². The molecule has 1 aliphatic carbocycles. The Labute approximate surface area is 144 Å². The fourth-order valence-electron chi connectivity index (χ4n) is 2.95. The second kappa shape index (κ2) is 7.89. The zero-order valence-corrected chi connectivity index (χ0v) is 14.9. The summed E-state index contributed by atoms with van der Waals surface area (Å²) in [5, 5.41) is 10.8. The Balaban J connectivity index is 1.96. The number of nitrogens with zero attached hydrogens (tertiary/aromatic N) is 2. The lowest BCUT2D eigenvalue weighted by Gasteiger charge is -2.25. The average Bonchev–Trinajstić information content (AvgIpc) is 2.52. The first-order valence-electron chi connectivity index (χ1n) is 7.68. The number of amides is 1. The highest BCUT2D eigenvalue weighted by molar-refractivity contribution is 14.1. The predicted octanol–water partition coefficient (Wildman–Crippen LogP) is 4.24. The van der Waals surface area contributed by atoms with Gasteiger partial charge in [-0.15, -0.1) is 0 Å². The number of non-ortho nitro benzene ring substituents is 1. The van der Waals surface area contributed by atoms with Crippen LogP contribution in [0.25, 0.3) is 0 Å². The summed E-state index contributed by atoms with van der Waals surface area (Å²) >= 11 is 1.99. The van der Waals surface area contributed by atoms with E-state index in [-0.39, 0.29) is 11.6 Å². The molecular weight excluding hydrogens is 395 g/mol. The van der Waals surface area contributed by atoms with Crippen LogP contribution in [0.2, 0.25) is 0 Å². The predicted molar refractivity (Wildman–Crippen MR) is 94.0 cm³/mol. The van der Waals surface area contributed by atoms with Gasteiger partial charge in [0.1, 0.15) is 0 Å². The molecule has 2 rings (SSSR count). The first-order chi connectivity index (χ1) is 10.5. The van der Waals surface area contributed by atoms with E-state index in [1.165, 1.54) is 44.2 Å². The summed E-state index contributed by atoms with van der Waals surface area (Å²) in [7, 11) is 1.81. The maximum Gasteiger partial charge on any atom is 0.270 e. The van der Waals surface area contributed by atoms with Gasteiger partial charge in [-0.3, -0.25) is 14.9 Å². The van der Waals surface area contributed by atoms with E-state index in [2.05, 4.69) is 0 Å². The number of benzene rings is 1. The van der Waals surface area contributed by atoms with Crippen molar-refractivity contribution in [3.8, 4) is 0 Å². The minimum absolute atomic E-state index is 0.0193. The molecule has 5 nitrogen and oxygen atoms in total. The van der Waals surface area contributed by atoms with Crippen molar-refractivity contribution in [2.45, 2.75) is 38.5 Å². The van der Waals surface area contributed by atoms with Gasteiger partial charge < -0.3 is 4.90 Å². The van der Waals surface area contributed by atoms with Crippen LogP contribution in [-0.4, -0.2) is 29.3 Å². The smallest absolute Gasteiger partial charge is 0.270 e. The molecule has 0 unspecified atom stereocenters. The molecule has 0 atom stereocenters. The van der Waals surface area contributed by atoms with Gasteiger partial charge in [-0.2, -0.15) is 0 Å². The van der Waals surface area contributed by atoms with Gasteiger partial charge >= 0.3 is 0 Å². The molecule has 1 aromatic rings. The summed E-state index contributed by atoms with van der Waals surface area (Å²) in [6.45, 7) is 0.747. The van der Waals surface area contributed by atoms with Gasteiger partial charge in [-0.25, -0.2) is 0 Å². The van der Waals surface area contributed by atoms with Crippen molar-refractivity contribution in [3.63, 3.8) is 0 Å². The summed E-state index contributed by atoms with van der Waals surface area (Å²) in [4.78, 5) is 24.5. The summed E-state index contributed by atoms with van der Waals surface area (Å²) < 4.78 is 0.626. The minimum atomic E-state index is -0.441. The molecule has 0 radical (unpaired) electrons. The van der Waals surface area contributed by atoms with Gasteiger partial charge in [0.2, 0.25) is 0 Å². The first-order valence-corrected chi connectivity index (χ1v) is 8.76. The van der Waals surface area contributed by atoms with Gasteiger partial charge in [0.25, 0.3) is 11.6 Å². The quantitative estimate of drug-likeness (QED) is 0.410. The Morgan fingerprint density at radius 3 is 2.64 bits per heavy atom. The zero-order valence-electron chi connectivity index (χ0n) is 12.8. The molecule has 0 aromatic heterocycles. The lowest BCUT2D eigenvalue weighted by atomic mass is 9.87. The Bertz CT molecular complexity index is 556. The third kappa shape index (κ3) is 4.41. The number of nitro groups is 1. The van der Waals surface area contributed by atoms with Crippen LogP contribution in [0.4, 0.5) is 5.69 Å². The van der Waals surface area contributed by atoms with Crippen molar-refractivity contribution in [3.05, 3.63) is 37.4 Å². The van der Waals surface area contributed by atoms with Crippen LogP contribution < -0.4 is 0 Å². The van der Waals surface area contributed by atoms with Crippen LogP contribution >= 0.6 is 22.6 Å². The van der Waals surface area contributed by atoms with Gasteiger partial charge in [0.05, 0.1) is 10.5 Å². The number of hydrogen-bond donors (Lipinski definition) is 0. The van der Waals surface area contributed by atoms with Crippen LogP contribution in [0.15, 0.2) is 18.2 Å². The van der Waals surface area contributed by atoms with Crippen LogP contribution in [-0.2, 0) is 0 Å². The highest BCUT2D eigenvalue weighted by Gasteiger charge is 2.19. The SMILES string of the molecule is CN(CCC1CCCCC1)C(=O)c1ccc([N+](=O)[O-])cc1I.